The fourth-order valence-electron chi connectivity index (χ4n) is 2.22. The summed E-state index contributed by atoms with van der Waals surface area (Å²) in [5, 5.41) is 0. The third kappa shape index (κ3) is 3.49. The van der Waals surface area contributed by atoms with Gasteiger partial charge in [0.1, 0.15) is 11.5 Å². The van der Waals surface area contributed by atoms with Crippen LogP contribution in [0.5, 0.6) is 11.5 Å². The van der Waals surface area contributed by atoms with Crippen LogP contribution in [0.4, 0.5) is 0 Å². The fourth-order valence-corrected chi connectivity index (χ4v) is 2.63. The van der Waals surface area contributed by atoms with E-state index in [1.54, 1.807) is 38.5 Å². The molecule has 0 N–H and O–H groups in total. The molecule has 0 aromatic heterocycles. The van der Waals surface area contributed by atoms with Gasteiger partial charge in [-0.25, -0.2) is 9.79 Å². The van der Waals surface area contributed by atoms with Crippen molar-refractivity contribution in [1.82, 2.24) is 0 Å². The lowest BCUT2D eigenvalue weighted by Crippen LogP contribution is -2.06. The molecule has 2 aromatic carbocycles. The van der Waals surface area contributed by atoms with E-state index in [9.17, 15) is 4.79 Å². The first-order valence-electron chi connectivity index (χ1n) is 7.10. The summed E-state index contributed by atoms with van der Waals surface area (Å²) in [7, 11) is 3.11. The molecule has 0 aliphatic carbocycles. The predicted molar refractivity (Wildman–Crippen MR) is 94.3 cm³/mol. The number of benzene rings is 2. The monoisotopic (exact) mass is 387 g/mol. The van der Waals surface area contributed by atoms with Crippen molar-refractivity contribution >= 4 is 33.9 Å². The average molecular weight is 388 g/mol. The summed E-state index contributed by atoms with van der Waals surface area (Å²) in [5.74, 6) is 0.908. The molecule has 24 heavy (non-hydrogen) atoms. The Balaban J connectivity index is 1.97. The second kappa shape index (κ2) is 6.88. The minimum Gasteiger partial charge on any atom is -0.497 e. The first kappa shape index (κ1) is 16.3. The molecule has 0 bridgehead atoms. The lowest BCUT2D eigenvalue weighted by atomic mass is 10.2. The molecule has 0 radical (unpaired) electrons. The summed E-state index contributed by atoms with van der Waals surface area (Å²) < 4.78 is 16.7. The molecular weight excluding hydrogens is 374 g/mol. The van der Waals surface area contributed by atoms with Gasteiger partial charge >= 0.3 is 5.97 Å². The van der Waals surface area contributed by atoms with Gasteiger partial charge in [0.05, 0.1) is 14.2 Å². The summed E-state index contributed by atoms with van der Waals surface area (Å²) in [6.45, 7) is 0. The van der Waals surface area contributed by atoms with Crippen molar-refractivity contribution in [2.45, 2.75) is 0 Å². The van der Waals surface area contributed by atoms with E-state index in [0.717, 1.165) is 10.0 Å². The number of hydrogen-bond donors (Lipinski definition) is 0. The highest BCUT2D eigenvalue weighted by atomic mass is 79.9. The molecule has 0 saturated heterocycles. The van der Waals surface area contributed by atoms with Crippen LogP contribution < -0.4 is 9.47 Å². The molecule has 0 amide bonds. The lowest BCUT2D eigenvalue weighted by molar-refractivity contribution is -0.129. The smallest absolute Gasteiger partial charge is 0.363 e. The van der Waals surface area contributed by atoms with Gasteiger partial charge in [0, 0.05) is 16.1 Å². The standard InChI is InChI=1S/C18H14BrNO4/c1-22-14-8-12(9-15(10-14)23-2)17-20-16(18(21)24-17)7-11-4-3-5-13(19)6-11/h3-10H,1-2H3/b16-7+. The Labute approximate surface area is 147 Å². The van der Waals surface area contributed by atoms with E-state index in [4.69, 9.17) is 14.2 Å². The summed E-state index contributed by atoms with van der Waals surface area (Å²) in [4.78, 5) is 16.4. The molecule has 6 heteroatoms. The zero-order valence-corrected chi connectivity index (χ0v) is 14.7. The number of hydrogen-bond acceptors (Lipinski definition) is 5. The van der Waals surface area contributed by atoms with Gasteiger partial charge in [-0.3, -0.25) is 0 Å². The largest absolute Gasteiger partial charge is 0.497 e. The molecule has 1 heterocycles. The Kier molecular flexibility index (Phi) is 4.66. The maximum Gasteiger partial charge on any atom is 0.363 e. The van der Waals surface area contributed by atoms with Crippen LogP contribution in [-0.4, -0.2) is 26.1 Å². The molecule has 1 aliphatic heterocycles. The van der Waals surface area contributed by atoms with E-state index in [2.05, 4.69) is 20.9 Å². The first-order valence-corrected chi connectivity index (χ1v) is 7.90. The van der Waals surface area contributed by atoms with Crippen LogP contribution in [0.1, 0.15) is 11.1 Å². The second-order valence-corrected chi connectivity index (χ2v) is 5.91. The molecule has 0 fully saturated rings. The van der Waals surface area contributed by atoms with Gasteiger partial charge in [0.2, 0.25) is 5.90 Å². The van der Waals surface area contributed by atoms with E-state index in [0.29, 0.717) is 17.1 Å². The van der Waals surface area contributed by atoms with Crippen molar-refractivity contribution in [3.63, 3.8) is 0 Å². The quantitative estimate of drug-likeness (QED) is 0.591. The van der Waals surface area contributed by atoms with Crippen LogP contribution >= 0.6 is 15.9 Å². The van der Waals surface area contributed by atoms with Gasteiger partial charge in [-0.1, -0.05) is 28.1 Å². The van der Waals surface area contributed by atoms with Gasteiger partial charge in [0.15, 0.2) is 5.70 Å². The number of halogens is 1. The number of esters is 1. The molecule has 0 unspecified atom stereocenters. The van der Waals surface area contributed by atoms with E-state index < -0.39 is 5.97 Å². The minimum atomic E-state index is -0.494. The van der Waals surface area contributed by atoms with Crippen molar-refractivity contribution in [2.24, 2.45) is 4.99 Å². The molecule has 1 aliphatic rings. The van der Waals surface area contributed by atoms with Crippen LogP contribution in [-0.2, 0) is 9.53 Å². The number of nitrogens with zero attached hydrogens (tertiary/aromatic N) is 1. The van der Waals surface area contributed by atoms with Gasteiger partial charge in [-0.15, -0.1) is 0 Å². The minimum absolute atomic E-state index is 0.221. The molecule has 0 spiro atoms. The number of carbonyl (C=O) groups excluding carboxylic acids is 1. The van der Waals surface area contributed by atoms with Crippen LogP contribution in [0, 0.1) is 0 Å². The van der Waals surface area contributed by atoms with E-state index >= 15 is 0 Å². The lowest BCUT2D eigenvalue weighted by Gasteiger charge is -2.07. The SMILES string of the molecule is COc1cc(OC)cc(C2=N/C(=C/c3cccc(Br)c3)C(=O)O2)c1. The predicted octanol–water partition coefficient (Wildman–Crippen LogP) is 3.81. The van der Waals surface area contributed by atoms with Crippen LogP contribution in [0.15, 0.2) is 57.6 Å². The molecule has 122 valence electrons. The molecular formula is C18H14BrNO4. The highest BCUT2D eigenvalue weighted by Crippen LogP contribution is 2.26. The Morgan fingerprint density at radius 1 is 1.08 bits per heavy atom. The average Bonchev–Trinajstić information content (AvgIpc) is 2.95. The van der Waals surface area contributed by atoms with Crippen molar-refractivity contribution in [2.75, 3.05) is 14.2 Å². The van der Waals surface area contributed by atoms with E-state index in [1.165, 1.54) is 0 Å². The zero-order valence-electron chi connectivity index (χ0n) is 13.1. The zero-order chi connectivity index (χ0) is 17.1. The maximum absolute atomic E-state index is 12.1. The van der Waals surface area contributed by atoms with Crippen LogP contribution in [0.3, 0.4) is 0 Å². The van der Waals surface area contributed by atoms with Crippen LogP contribution in [0.2, 0.25) is 0 Å². The van der Waals surface area contributed by atoms with E-state index in [1.807, 2.05) is 24.3 Å². The molecule has 0 saturated carbocycles. The van der Waals surface area contributed by atoms with Crippen LogP contribution in [0.25, 0.3) is 6.08 Å². The molecule has 5 nitrogen and oxygen atoms in total. The highest BCUT2D eigenvalue weighted by molar-refractivity contribution is 9.10. The summed E-state index contributed by atoms with van der Waals surface area (Å²) in [6.07, 6.45) is 1.68. The Morgan fingerprint density at radius 2 is 1.79 bits per heavy atom. The molecule has 0 atom stereocenters. The summed E-state index contributed by atoms with van der Waals surface area (Å²) in [6, 6.07) is 12.8. The summed E-state index contributed by atoms with van der Waals surface area (Å²) in [5.41, 5.74) is 1.70. The van der Waals surface area contributed by atoms with Crippen molar-refractivity contribution in [3.8, 4) is 11.5 Å². The van der Waals surface area contributed by atoms with Gasteiger partial charge in [0.25, 0.3) is 0 Å². The normalized spacial score (nSPS) is 15.2. The van der Waals surface area contributed by atoms with E-state index in [-0.39, 0.29) is 11.6 Å². The number of rotatable bonds is 4. The third-order valence-corrected chi connectivity index (χ3v) is 3.86. The number of cyclic esters (lactones) is 1. The third-order valence-electron chi connectivity index (χ3n) is 3.37. The highest BCUT2D eigenvalue weighted by Gasteiger charge is 2.25. The van der Waals surface area contributed by atoms with Crippen molar-refractivity contribution < 1.29 is 19.0 Å². The van der Waals surface area contributed by atoms with Gasteiger partial charge in [-0.05, 0) is 35.9 Å². The molecule has 3 rings (SSSR count). The summed E-state index contributed by atoms with van der Waals surface area (Å²) >= 11 is 3.40. The Hall–Kier alpha value is -2.60. The second-order valence-electron chi connectivity index (χ2n) is 4.99. The molecule has 2 aromatic rings. The van der Waals surface area contributed by atoms with Crippen molar-refractivity contribution in [1.29, 1.82) is 0 Å². The first-order chi connectivity index (χ1) is 11.6. The van der Waals surface area contributed by atoms with Crippen molar-refractivity contribution in [3.05, 3.63) is 63.8 Å². The number of carbonyl (C=O) groups is 1. The Morgan fingerprint density at radius 3 is 2.42 bits per heavy atom. The topological polar surface area (TPSA) is 57.1 Å². The number of methoxy groups -OCH3 is 2. The Bertz CT molecular complexity index is 836. The van der Waals surface area contributed by atoms with Gasteiger partial charge < -0.3 is 14.2 Å². The fraction of sp³-hybridized carbons (Fsp3) is 0.111. The maximum atomic E-state index is 12.1. The number of aliphatic imine (C=N–C) groups is 1. The number of ether oxygens (including phenoxy) is 3. The van der Waals surface area contributed by atoms with Gasteiger partial charge in [-0.2, -0.15) is 0 Å².